The Labute approximate surface area is 115 Å². The summed E-state index contributed by atoms with van der Waals surface area (Å²) in [6.07, 6.45) is 3.86. The standard InChI is InChI=1S/C14H25N3S/c1-4-8-17(9-13-6-5-7-15-13)11(2)14-10-18-12(3)16-14/h10-11,13,15H,4-9H2,1-3H3. The predicted molar refractivity (Wildman–Crippen MR) is 78.2 cm³/mol. The Morgan fingerprint density at radius 1 is 1.61 bits per heavy atom. The molecule has 1 saturated heterocycles. The van der Waals surface area contributed by atoms with Gasteiger partial charge < -0.3 is 5.32 Å². The predicted octanol–water partition coefficient (Wildman–Crippen LogP) is 2.98. The van der Waals surface area contributed by atoms with Gasteiger partial charge in [-0.2, -0.15) is 0 Å². The number of hydrogen-bond acceptors (Lipinski definition) is 4. The fourth-order valence-corrected chi connectivity index (χ4v) is 3.38. The van der Waals surface area contributed by atoms with E-state index in [4.69, 9.17) is 0 Å². The average molecular weight is 267 g/mol. The summed E-state index contributed by atoms with van der Waals surface area (Å²) < 4.78 is 0. The van der Waals surface area contributed by atoms with Gasteiger partial charge in [0.15, 0.2) is 0 Å². The van der Waals surface area contributed by atoms with E-state index in [2.05, 4.69) is 41.4 Å². The summed E-state index contributed by atoms with van der Waals surface area (Å²) in [5.41, 5.74) is 1.24. The minimum Gasteiger partial charge on any atom is -0.313 e. The molecule has 0 radical (unpaired) electrons. The van der Waals surface area contributed by atoms with E-state index in [1.807, 2.05) is 0 Å². The third kappa shape index (κ3) is 3.53. The van der Waals surface area contributed by atoms with E-state index in [-0.39, 0.29) is 0 Å². The SMILES string of the molecule is CCCN(CC1CCCN1)C(C)c1csc(C)n1. The van der Waals surface area contributed by atoms with Crippen LogP contribution in [-0.2, 0) is 0 Å². The summed E-state index contributed by atoms with van der Waals surface area (Å²) in [5.74, 6) is 0. The molecule has 102 valence electrons. The molecule has 1 N–H and O–H groups in total. The van der Waals surface area contributed by atoms with Crippen molar-refractivity contribution in [1.29, 1.82) is 0 Å². The van der Waals surface area contributed by atoms with Crippen molar-refractivity contribution >= 4 is 11.3 Å². The fraction of sp³-hybridized carbons (Fsp3) is 0.786. The summed E-state index contributed by atoms with van der Waals surface area (Å²) in [5, 5.41) is 6.98. The van der Waals surface area contributed by atoms with Crippen LogP contribution in [0.2, 0.25) is 0 Å². The Balaban J connectivity index is 1.98. The van der Waals surface area contributed by atoms with Crippen molar-refractivity contribution in [3.63, 3.8) is 0 Å². The number of aryl methyl sites for hydroxylation is 1. The molecule has 0 amide bonds. The number of hydrogen-bond donors (Lipinski definition) is 1. The van der Waals surface area contributed by atoms with Crippen LogP contribution in [0, 0.1) is 6.92 Å². The molecule has 2 rings (SSSR count). The first kappa shape index (κ1) is 14.0. The van der Waals surface area contributed by atoms with Crippen molar-refractivity contribution in [3.8, 4) is 0 Å². The van der Waals surface area contributed by atoms with Gasteiger partial charge >= 0.3 is 0 Å². The highest BCUT2D eigenvalue weighted by atomic mass is 32.1. The summed E-state index contributed by atoms with van der Waals surface area (Å²) >= 11 is 1.76. The monoisotopic (exact) mass is 267 g/mol. The second-order valence-corrected chi connectivity index (χ2v) is 6.32. The van der Waals surface area contributed by atoms with E-state index >= 15 is 0 Å². The Morgan fingerprint density at radius 3 is 3.00 bits per heavy atom. The van der Waals surface area contributed by atoms with Crippen LogP contribution >= 0.6 is 11.3 Å². The minimum absolute atomic E-state index is 0.442. The van der Waals surface area contributed by atoms with E-state index in [1.54, 1.807) is 11.3 Å². The Kier molecular flexibility index (Phi) is 5.15. The summed E-state index contributed by atoms with van der Waals surface area (Å²) in [4.78, 5) is 7.23. The molecule has 2 atom stereocenters. The zero-order chi connectivity index (χ0) is 13.0. The normalized spacial score (nSPS) is 21.7. The third-order valence-corrected chi connectivity index (χ3v) is 4.53. The largest absolute Gasteiger partial charge is 0.313 e. The molecule has 1 fully saturated rings. The van der Waals surface area contributed by atoms with E-state index in [0.29, 0.717) is 12.1 Å². The van der Waals surface area contributed by atoms with Crippen molar-refractivity contribution in [3.05, 3.63) is 16.1 Å². The van der Waals surface area contributed by atoms with Gasteiger partial charge in [-0.15, -0.1) is 11.3 Å². The molecule has 1 aromatic heterocycles. The zero-order valence-electron chi connectivity index (χ0n) is 11.8. The molecule has 1 aliphatic rings. The van der Waals surface area contributed by atoms with E-state index in [0.717, 1.165) is 13.1 Å². The van der Waals surface area contributed by atoms with Crippen LogP contribution in [-0.4, -0.2) is 35.6 Å². The minimum atomic E-state index is 0.442. The second kappa shape index (κ2) is 6.64. The van der Waals surface area contributed by atoms with Crippen LogP contribution < -0.4 is 5.32 Å². The third-order valence-electron chi connectivity index (χ3n) is 3.74. The van der Waals surface area contributed by atoms with Crippen molar-refractivity contribution in [2.75, 3.05) is 19.6 Å². The molecular weight excluding hydrogens is 242 g/mol. The maximum atomic E-state index is 4.64. The zero-order valence-corrected chi connectivity index (χ0v) is 12.6. The van der Waals surface area contributed by atoms with Crippen LogP contribution in [0.4, 0.5) is 0 Å². The molecule has 0 aromatic carbocycles. The fourth-order valence-electron chi connectivity index (χ4n) is 2.68. The van der Waals surface area contributed by atoms with Crippen LogP contribution in [0.1, 0.15) is 49.9 Å². The van der Waals surface area contributed by atoms with Gasteiger partial charge in [-0.05, 0) is 46.2 Å². The molecule has 0 bridgehead atoms. The van der Waals surface area contributed by atoms with Gasteiger partial charge in [0.2, 0.25) is 0 Å². The van der Waals surface area contributed by atoms with Gasteiger partial charge in [0.05, 0.1) is 16.7 Å². The molecule has 1 aromatic rings. The molecule has 1 aliphatic heterocycles. The van der Waals surface area contributed by atoms with Gasteiger partial charge in [-0.3, -0.25) is 4.90 Å². The molecule has 4 heteroatoms. The summed E-state index contributed by atoms with van der Waals surface area (Å²) in [7, 11) is 0. The van der Waals surface area contributed by atoms with Gasteiger partial charge in [0.25, 0.3) is 0 Å². The highest BCUT2D eigenvalue weighted by Crippen LogP contribution is 2.23. The maximum absolute atomic E-state index is 4.64. The molecule has 2 unspecified atom stereocenters. The van der Waals surface area contributed by atoms with Crippen LogP contribution in [0.5, 0.6) is 0 Å². The molecule has 0 spiro atoms. The van der Waals surface area contributed by atoms with Crippen molar-refractivity contribution in [2.45, 2.75) is 52.1 Å². The maximum Gasteiger partial charge on any atom is 0.0898 e. The lowest BCUT2D eigenvalue weighted by Crippen LogP contribution is -2.39. The Morgan fingerprint density at radius 2 is 2.44 bits per heavy atom. The lowest BCUT2D eigenvalue weighted by Gasteiger charge is -2.30. The second-order valence-electron chi connectivity index (χ2n) is 5.26. The van der Waals surface area contributed by atoms with Gasteiger partial charge in [0, 0.05) is 18.0 Å². The van der Waals surface area contributed by atoms with E-state index in [1.165, 1.54) is 36.5 Å². The number of nitrogens with one attached hydrogen (secondary N) is 1. The van der Waals surface area contributed by atoms with Gasteiger partial charge in [-0.25, -0.2) is 4.98 Å². The Bertz CT molecular complexity index is 358. The van der Waals surface area contributed by atoms with Crippen molar-refractivity contribution < 1.29 is 0 Å². The first-order valence-corrected chi connectivity index (χ1v) is 7.98. The first-order valence-electron chi connectivity index (χ1n) is 7.10. The molecule has 0 saturated carbocycles. The number of rotatable bonds is 6. The molecule has 0 aliphatic carbocycles. The van der Waals surface area contributed by atoms with Crippen LogP contribution in [0.15, 0.2) is 5.38 Å². The quantitative estimate of drug-likeness (QED) is 0.859. The highest BCUT2D eigenvalue weighted by Gasteiger charge is 2.22. The lowest BCUT2D eigenvalue weighted by molar-refractivity contribution is 0.190. The molecular formula is C14H25N3S. The van der Waals surface area contributed by atoms with Crippen molar-refractivity contribution in [2.24, 2.45) is 0 Å². The smallest absolute Gasteiger partial charge is 0.0898 e. The van der Waals surface area contributed by atoms with Gasteiger partial charge in [0.1, 0.15) is 0 Å². The first-order chi connectivity index (χ1) is 8.70. The molecule has 3 nitrogen and oxygen atoms in total. The highest BCUT2D eigenvalue weighted by molar-refractivity contribution is 7.09. The average Bonchev–Trinajstić information content (AvgIpc) is 2.99. The Hall–Kier alpha value is -0.450. The number of aromatic nitrogens is 1. The molecule has 18 heavy (non-hydrogen) atoms. The summed E-state index contributed by atoms with van der Waals surface area (Å²) in [6.45, 7) is 10.1. The summed E-state index contributed by atoms with van der Waals surface area (Å²) in [6, 6.07) is 1.12. The van der Waals surface area contributed by atoms with Crippen LogP contribution in [0.25, 0.3) is 0 Å². The number of thiazole rings is 1. The van der Waals surface area contributed by atoms with E-state index < -0.39 is 0 Å². The molecule has 2 heterocycles. The lowest BCUT2D eigenvalue weighted by atomic mass is 10.1. The van der Waals surface area contributed by atoms with Crippen molar-refractivity contribution in [1.82, 2.24) is 15.2 Å². The topological polar surface area (TPSA) is 28.2 Å². The van der Waals surface area contributed by atoms with Crippen LogP contribution in [0.3, 0.4) is 0 Å². The van der Waals surface area contributed by atoms with Gasteiger partial charge in [-0.1, -0.05) is 6.92 Å². The number of nitrogens with zero attached hydrogens (tertiary/aromatic N) is 2. The van der Waals surface area contributed by atoms with E-state index in [9.17, 15) is 0 Å².